The van der Waals surface area contributed by atoms with Crippen LogP contribution in [0.4, 0.5) is 0 Å². The van der Waals surface area contributed by atoms with Gasteiger partial charge in [0.05, 0.1) is 10.3 Å². The number of hydrogen-bond acceptors (Lipinski definition) is 5. The summed E-state index contributed by atoms with van der Waals surface area (Å²) in [6.45, 7) is 3.45. The standard InChI is InChI=1S/C10H9ClN2O3S2/c1-10(2)5-6(12-13-9(10)14)7-3-4-8(17-7)18(11,15)16/h3-5H,1-2H3. The highest BCUT2D eigenvalue weighted by atomic mass is 35.7. The van der Waals surface area contributed by atoms with E-state index in [1.807, 2.05) is 0 Å². The van der Waals surface area contributed by atoms with Crippen molar-refractivity contribution in [2.24, 2.45) is 15.6 Å². The molecular formula is C10H9ClN2O3S2. The fraction of sp³-hybridized carbons (Fsp3) is 0.300. The predicted molar refractivity (Wildman–Crippen MR) is 69.0 cm³/mol. The van der Waals surface area contributed by atoms with Gasteiger partial charge in [-0.15, -0.1) is 21.6 Å². The monoisotopic (exact) mass is 304 g/mol. The normalized spacial score (nSPS) is 18.8. The van der Waals surface area contributed by atoms with Gasteiger partial charge in [0.15, 0.2) is 0 Å². The summed E-state index contributed by atoms with van der Waals surface area (Å²) in [5.41, 5.74) is -0.252. The summed E-state index contributed by atoms with van der Waals surface area (Å²) in [6.07, 6.45) is 1.67. The molecule has 2 heterocycles. The average molecular weight is 305 g/mol. The van der Waals surface area contributed by atoms with Crippen molar-refractivity contribution in [2.75, 3.05) is 0 Å². The first-order chi connectivity index (χ1) is 8.20. The van der Waals surface area contributed by atoms with Crippen LogP contribution in [0.2, 0.25) is 0 Å². The highest BCUT2D eigenvalue weighted by Crippen LogP contribution is 2.35. The van der Waals surface area contributed by atoms with E-state index in [0.717, 1.165) is 11.3 Å². The lowest BCUT2D eigenvalue weighted by Gasteiger charge is -2.18. The highest BCUT2D eigenvalue weighted by Gasteiger charge is 2.30. The first-order valence-corrected chi connectivity index (χ1v) is 8.07. The molecule has 1 amide bonds. The summed E-state index contributed by atoms with van der Waals surface area (Å²) in [6, 6.07) is 3.00. The maximum atomic E-state index is 11.4. The Balaban J connectivity index is 2.43. The van der Waals surface area contributed by atoms with Gasteiger partial charge in [-0.3, -0.25) is 4.79 Å². The Morgan fingerprint density at radius 2 is 1.94 bits per heavy atom. The van der Waals surface area contributed by atoms with Gasteiger partial charge in [-0.1, -0.05) is 0 Å². The average Bonchev–Trinajstić information content (AvgIpc) is 2.70. The van der Waals surface area contributed by atoms with Gasteiger partial charge >= 0.3 is 0 Å². The highest BCUT2D eigenvalue weighted by molar-refractivity contribution is 8.15. The maximum absolute atomic E-state index is 11.4. The zero-order valence-corrected chi connectivity index (χ0v) is 11.9. The van der Waals surface area contributed by atoms with Crippen molar-refractivity contribution in [1.29, 1.82) is 0 Å². The third kappa shape index (κ3) is 2.52. The molecule has 1 aromatic rings. The topological polar surface area (TPSA) is 75.9 Å². The molecule has 0 fully saturated rings. The molecule has 1 aliphatic rings. The lowest BCUT2D eigenvalue weighted by molar-refractivity contribution is -0.124. The summed E-state index contributed by atoms with van der Waals surface area (Å²) in [5, 5.41) is 7.33. The zero-order valence-electron chi connectivity index (χ0n) is 9.55. The van der Waals surface area contributed by atoms with Crippen LogP contribution in [0.3, 0.4) is 0 Å². The van der Waals surface area contributed by atoms with E-state index >= 15 is 0 Å². The summed E-state index contributed by atoms with van der Waals surface area (Å²) in [4.78, 5) is 12.0. The molecule has 0 atom stereocenters. The van der Waals surface area contributed by atoms with Crippen molar-refractivity contribution < 1.29 is 13.2 Å². The Morgan fingerprint density at radius 1 is 1.28 bits per heavy atom. The summed E-state index contributed by atoms with van der Waals surface area (Å²) in [5.74, 6) is -0.326. The van der Waals surface area contributed by atoms with Crippen molar-refractivity contribution in [3.63, 3.8) is 0 Å². The van der Waals surface area contributed by atoms with Crippen molar-refractivity contribution in [3.8, 4) is 0 Å². The largest absolute Gasteiger partial charge is 0.274 e. The number of carbonyl (C=O) groups excluding carboxylic acids is 1. The number of carbonyl (C=O) groups is 1. The summed E-state index contributed by atoms with van der Waals surface area (Å²) in [7, 11) is 1.51. The Kier molecular flexibility index (Phi) is 3.16. The van der Waals surface area contributed by atoms with Crippen LogP contribution in [0.25, 0.3) is 5.70 Å². The van der Waals surface area contributed by atoms with Crippen LogP contribution in [0.15, 0.2) is 32.6 Å². The molecule has 18 heavy (non-hydrogen) atoms. The molecule has 0 aliphatic carbocycles. The third-order valence-corrected chi connectivity index (χ3v) is 5.57. The van der Waals surface area contributed by atoms with Crippen LogP contribution in [0, 0.1) is 5.41 Å². The van der Waals surface area contributed by atoms with Crippen LogP contribution in [0.1, 0.15) is 18.7 Å². The van der Waals surface area contributed by atoms with Gasteiger partial charge in [0.1, 0.15) is 9.91 Å². The maximum Gasteiger partial charge on any atom is 0.274 e. The fourth-order valence-electron chi connectivity index (χ4n) is 1.37. The molecule has 0 saturated heterocycles. The Morgan fingerprint density at radius 3 is 2.44 bits per heavy atom. The van der Waals surface area contributed by atoms with E-state index in [-0.39, 0.29) is 10.1 Å². The van der Waals surface area contributed by atoms with Gasteiger partial charge in [-0.2, -0.15) is 0 Å². The van der Waals surface area contributed by atoms with E-state index in [4.69, 9.17) is 10.7 Å². The first kappa shape index (κ1) is 13.4. The Labute approximate surface area is 113 Å². The minimum atomic E-state index is -3.74. The molecule has 1 aliphatic heterocycles. The fourth-order valence-corrected chi connectivity index (χ4v) is 3.40. The molecule has 0 radical (unpaired) electrons. The Bertz CT molecular complexity index is 671. The van der Waals surface area contributed by atoms with Gasteiger partial charge in [-0.05, 0) is 32.1 Å². The number of amides is 1. The smallest absolute Gasteiger partial charge is 0.270 e. The molecular weight excluding hydrogens is 296 g/mol. The lowest BCUT2D eigenvalue weighted by atomic mass is 9.90. The van der Waals surface area contributed by atoms with E-state index in [9.17, 15) is 13.2 Å². The second-order valence-electron chi connectivity index (χ2n) is 4.31. The van der Waals surface area contributed by atoms with Crippen LogP contribution < -0.4 is 0 Å². The second kappa shape index (κ2) is 4.25. The first-order valence-electron chi connectivity index (χ1n) is 4.94. The van der Waals surface area contributed by atoms with Gasteiger partial charge in [0, 0.05) is 10.7 Å². The molecule has 96 valence electrons. The van der Waals surface area contributed by atoms with Crippen LogP contribution in [-0.2, 0) is 13.8 Å². The molecule has 0 N–H and O–H groups in total. The molecule has 0 bridgehead atoms. The molecule has 2 rings (SSSR count). The van der Waals surface area contributed by atoms with Crippen molar-refractivity contribution in [1.82, 2.24) is 0 Å². The summed E-state index contributed by atoms with van der Waals surface area (Å²) < 4.78 is 22.4. The van der Waals surface area contributed by atoms with Crippen molar-refractivity contribution in [2.45, 2.75) is 18.1 Å². The molecule has 0 saturated carbocycles. The van der Waals surface area contributed by atoms with Crippen molar-refractivity contribution in [3.05, 3.63) is 23.1 Å². The van der Waals surface area contributed by atoms with Crippen LogP contribution >= 0.6 is 22.0 Å². The second-order valence-corrected chi connectivity index (χ2v) is 8.19. The lowest BCUT2D eigenvalue weighted by Crippen LogP contribution is -2.21. The number of hydrogen-bond donors (Lipinski definition) is 0. The molecule has 0 aromatic carbocycles. The van der Waals surface area contributed by atoms with Gasteiger partial charge in [-0.25, -0.2) is 8.42 Å². The molecule has 0 spiro atoms. The van der Waals surface area contributed by atoms with Crippen LogP contribution in [0.5, 0.6) is 0 Å². The predicted octanol–water partition coefficient (Wildman–Crippen LogP) is 3.04. The quantitative estimate of drug-likeness (QED) is 0.788. The van der Waals surface area contributed by atoms with E-state index in [0.29, 0.717) is 10.6 Å². The molecule has 0 unspecified atom stereocenters. The van der Waals surface area contributed by atoms with Gasteiger partial charge in [0.25, 0.3) is 15.0 Å². The van der Waals surface area contributed by atoms with E-state index in [1.165, 1.54) is 6.07 Å². The third-order valence-electron chi connectivity index (χ3n) is 2.37. The minimum absolute atomic E-state index is 0.0463. The number of thiophene rings is 1. The molecule has 5 nitrogen and oxygen atoms in total. The van der Waals surface area contributed by atoms with E-state index in [2.05, 4.69) is 10.2 Å². The SMILES string of the molecule is CC1(C)C=C(c2ccc(S(=O)(=O)Cl)s2)N=NC1=O. The van der Waals surface area contributed by atoms with Gasteiger partial charge < -0.3 is 0 Å². The minimum Gasteiger partial charge on any atom is -0.270 e. The summed E-state index contributed by atoms with van der Waals surface area (Å²) >= 11 is 0.995. The van der Waals surface area contributed by atoms with Gasteiger partial charge in [0.2, 0.25) is 0 Å². The number of nitrogens with zero attached hydrogens (tertiary/aromatic N) is 2. The van der Waals surface area contributed by atoms with E-state index < -0.39 is 14.5 Å². The number of halogens is 1. The number of rotatable bonds is 2. The Hall–Kier alpha value is -1.05. The molecule has 8 heteroatoms. The van der Waals surface area contributed by atoms with Crippen molar-refractivity contribution >= 4 is 42.7 Å². The molecule has 1 aromatic heterocycles. The van der Waals surface area contributed by atoms with E-state index in [1.54, 1.807) is 26.0 Å². The zero-order chi connectivity index (χ0) is 13.6. The number of azo groups is 1. The van der Waals surface area contributed by atoms with Crippen LogP contribution in [-0.4, -0.2) is 14.3 Å².